The molecule has 0 bridgehead atoms. The fourth-order valence-electron chi connectivity index (χ4n) is 3.41. The minimum Gasteiger partial charge on any atom is -0.465 e. The Morgan fingerprint density at radius 1 is 1.23 bits per heavy atom. The molecule has 152 valence electrons. The van der Waals surface area contributed by atoms with Crippen LogP contribution in [0.1, 0.15) is 34.4 Å². The van der Waals surface area contributed by atoms with Crippen LogP contribution in [-0.4, -0.2) is 43.3 Å². The minimum absolute atomic E-state index is 0.106. The molecule has 4 aromatic rings. The molecule has 9 heteroatoms. The Kier molecular flexibility index (Phi) is 4.78. The molecule has 30 heavy (non-hydrogen) atoms. The second kappa shape index (κ2) is 7.43. The number of fused-ring (bicyclic) bond motifs is 1. The van der Waals surface area contributed by atoms with Gasteiger partial charge in [0.2, 0.25) is 5.78 Å². The molecule has 0 aliphatic carbocycles. The number of nitrogens with zero attached hydrogens (tertiary/aromatic N) is 4. The molecule has 0 spiro atoms. The summed E-state index contributed by atoms with van der Waals surface area (Å²) in [5, 5.41) is 13.7. The van der Waals surface area contributed by atoms with E-state index in [1.807, 2.05) is 0 Å². The zero-order chi connectivity index (χ0) is 21.4. The molecular weight excluding hydrogens is 388 g/mol. The molecule has 1 N–H and O–H groups in total. The lowest BCUT2D eigenvalue weighted by Gasteiger charge is -2.08. The van der Waals surface area contributed by atoms with Crippen LogP contribution >= 0.6 is 0 Å². The molecular formula is C21H18N4O5. The lowest BCUT2D eigenvalue weighted by Crippen LogP contribution is -2.11. The first-order valence-electron chi connectivity index (χ1n) is 9.24. The summed E-state index contributed by atoms with van der Waals surface area (Å²) in [6, 6.07) is 8.19. The van der Waals surface area contributed by atoms with Gasteiger partial charge in [-0.15, -0.1) is 0 Å². The fourth-order valence-corrected chi connectivity index (χ4v) is 3.41. The van der Waals surface area contributed by atoms with E-state index in [9.17, 15) is 14.7 Å². The molecule has 0 saturated carbocycles. The van der Waals surface area contributed by atoms with Crippen molar-refractivity contribution in [2.75, 3.05) is 6.61 Å². The van der Waals surface area contributed by atoms with E-state index in [4.69, 9.17) is 9.26 Å². The van der Waals surface area contributed by atoms with Crippen LogP contribution in [-0.2, 0) is 0 Å². The summed E-state index contributed by atoms with van der Waals surface area (Å²) in [6.07, 6.45) is 0.248. The highest BCUT2D eigenvalue weighted by Gasteiger charge is 2.25. The molecule has 0 fully saturated rings. The summed E-state index contributed by atoms with van der Waals surface area (Å²) in [4.78, 5) is 33.7. The van der Waals surface area contributed by atoms with Crippen molar-refractivity contribution >= 4 is 22.9 Å². The van der Waals surface area contributed by atoms with E-state index in [0.29, 0.717) is 22.6 Å². The first-order chi connectivity index (χ1) is 14.4. The monoisotopic (exact) mass is 406 g/mol. The Hall–Kier alpha value is -4.01. The van der Waals surface area contributed by atoms with Gasteiger partial charge in [-0.05, 0) is 50.6 Å². The van der Waals surface area contributed by atoms with Crippen LogP contribution in [0.15, 0.2) is 41.1 Å². The molecule has 0 atom stereocenters. The Morgan fingerprint density at radius 2 is 2.03 bits per heavy atom. The number of carbonyl (C=O) groups is 2. The summed E-state index contributed by atoms with van der Waals surface area (Å²) in [6.45, 7) is 5.47. The average molecular weight is 406 g/mol. The smallest absolute Gasteiger partial charge is 0.420 e. The molecule has 3 heterocycles. The minimum atomic E-state index is -1.27. The molecule has 0 saturated heterocycles. The first kappa shape index (κ1) is 19.3. The van der Waals surface area contributed by atoms with Gasteiger partial charge in [0.05, 0.1) is 23.4 Å². The number of rotatable bonds is 5. The van der Waals surface area contributed by atoms with Gasteiger partial charge in [-0.2, -0.15) is 9.55 Å². The largest absolute Gasteiger partial charge is 0.465 e. The van der Waals surface area contributed by atoms with E-state index in [-0.39, 0.29) is 40.7 Å². The van der Waals surface area contributed by atoms with Crippen molar-refractivity contribution in [3.63, 3.8) is 0 Å². The number of hydrogen-bond acceptors (Lipinski definition) is 7. The second-order valence-electron chi connectivity index (χ2n) is 6.58. The number of ketones is 1. The highest BCUT2D eigenvalue weighted by Crippen LogP contribution is 2.34. The van der Waals surface area contributed by atoms with Gasteiger partial charge in [-0.3, -0.25) is 9.78 Å². The van der Waals surface area contributed by atoms with E-state index in [0.717, 1.165) is 4.57 Å². The maximum absolute atomic E-state index is 13.3. The number of carbonyl (C=O) groups excluding carboxylic acids is 1. The normalized spacial score (nSPS) is 11.0. The van der Waals surface area contributed by atoms with Crippen LogP contribution in [0, 0.1) is 13.8 Å². The van der Waals surface area contributed by atoms with Gasteiger partial charge < -0.3 is 14.4 Å². The van der Waals surface area contributed by atoms with Crippen LogP contribution in [0.4, 0.5) is 4.79 Å². The number of aryl methyl sites for hydroxylation is 2. The number of hydrogen-bond donors (Lipinski definition) is 1. The Morgan fingerprint density at radius 3 is 2.63 bits per heavy atom. The highest BCUT2D eigenvalue weighted by molar-refractivity contribution is 6.16. The summed E-state index contributed by atoms with van der Waals surface area (Å²) in [7, 11) is 0. The van der Waals surface area contributed by atoms with E-state index in [2.05, 4.69) is 15.1 Å². The van der Waals surface area contributed by atoms with Crippen molar-refractivity contribution in [3.8, 4) is 17.1 Å². The van der Waals surface area contributed by atoms with Crippen molar-refractivity contribution < 1.29 is 24.0 Å². The maximum Gasteiger partial charge on any atom is 0.420 e. The third-order valence-electron chi connectivity index (χ3n) is 4.66. The van der Waals surface area contributed by atoms with Gasteiger partial charge in [0.25, 0.3) is 0 Å². The van der Waals surface area contributed by atoms with E-state index >= 15 is 0 Å². The lowest BCUT2D eigenvalue weighted by molar-refractivity contribution is 0.103. The highest BCUT2D eigenvalue weighted by atomic mass is 16.5. The van der Waals surface area contributed by atoms with E-state index in [1.54, 1.807) is 51.1 Å². The molecule has 0 aliphatic heterocycles. The third-order valence-corrected chi connectivity index (χ3v) is 4.66. The molecule has 9 nitrogen and oxygen atoms in total. The van der Waals surface area contributed by atoms with Crippen molar-refractivity contribution in [2.45, 2.75) is 20.8 Å². The van der Waals surface area contributed by atoms with Crippen LogP contribution in [0.5, 0.6) is 6.01 Å². The molecule has 0 aliphatic rings. The zero-order valence-electron chi connectivity index (χ0n) is 16.5. The number of pyridine rings is 1. The SMILES string of the molecule is CCOc1nc2c(C(=O)c3ccccn3)cc(-c3c(C)noc3C)cc2n1C(=O)O. The number of carboxylic acid groups (broad SMARTS) is 1. The second-order valence-corrected chi connectivity index (χ2v) is 6.58. The predicted molar refractivity (Wildman–Crippen MR) is 107 cm³/mol. The molecule has 4 rings (SSSR count). The molecule has 0 amide bonds. The Balaban J connectivity index is 2.07. The van der Waals surface area contributed by atoms with Gasteiger partial charge in [-0.1, -0.05) is 11.2 Å². The molecule has 3 aromatic heterocycles. The Bertz CT molecular complexity index is 1250. The summed E-state index contributed by atoms with van der Waals surface area (Å²) >= 11 is 0. The van der Waals surface area contributed by atoms with E-state index in [1.165, 1.54) is 6.20 Å². The Labute approximate surface area is 170 Å². The van der Waals surface area contributed by atoms with Crippen LogP contribution in [0.3, 0.4) is 0 Å². The number of imidazole rings is 1. The number of aromatic nitrogens is 4. The molecule has 0 radical (unpaired) electrons. The summed E-state index contributed by atoms with van der Waals surface area (Å²) in [5.41, 5.74) is 2.76. The number of ether oxygens (including phenoxy) is 1. The lowest BCUT2D eigenvalue weighted by atomic mass is 9.97. The van der Waals surface area contributed by atoms with Crippen molar-refractivity contribution in [1.82, 2.24) is 19.7 Å². The van der Waals surface area contributed by atoms with Gasteiger partial charge in [0.15, 0.2) is 0 Å². The fraction of sp³-hybridized carbons (Fsp3) is 0.190. The molecule has 0 unspecified atom stereocenters. The van der Waals surface area contributed by atoms with Crippen molar-refractivity contribution in [1.29, 1.82) is 0 Å². The average Bonchev–Trinajstić information content (AvgIpc) is 3.26. The van der Waals surface area contributed by atoms with Gasteiger partial charge >= 0.3 is 12.1 Å². The van der Waals surface area contributed by atoms with Crippen LogP contribution in [0.2, 0.25) is 0 Å². The first-order valence-corrected chi connectivity index (χ1v) is 9.24. The van der Waals surface area contributed by atoms with Crippen LogP contribution in [0.25, 0.3) is 22.2 Å². The van der Waals surface area contributed by atoms with Gasteiger partial charge in [0, 0.05) is 11.8 Å². The van der Waals surface area contributed by atoms with Gasteiger partial charge in [0.1, 0.15) is 17.0 Å². The standard InChI is InChI=1S/C21H18N4O5/c1-4-29-20-23-18-14(19(26)15-7-5-6-8-22-15)9-13(10-16(18)25(20)21(27)28)17-11(2)24-30-12(17)3/h5-10H,4H2,1-3H3,(H,27,28). The summed E-state index contributed by atoms with van der Waals surface area (Å²) < 4.78 is 11.6. The number of benzene rings is 1. The topological polar surface area (TPSA) is 120 Å². The maximum atomic E-state index is 13.3. The van der Waals surface area contributed by atoms with Gasteiger partial charge in [-0.25, -0.2) is 4.79 Å². The third kappa shape index (κ3) is 3.10. The van der Waals surface area contributed by atoms with Crippen LogP contribution < -0.4 is 4.74 Å². The van der Waals surface area contributed by atoms with Crippen molar-refractivity contribution in [2.24, 2.45) is 0 Å². The van der Waals surface area contributed by atoms with Crippen molar-refractivity contribution in [3.05, 3.63) is 59.2 Å². The summed E-state index contributed by atoms with van der Waals surface area (Å²) in [5.74, 6) is 0.168. The predicted octanol–water partition coefficient (Wildman–Crippen LogP) is 3.86. The van der Waals surface area contributed by atoms with E-state index < -0.39 is 6.09 Å². The molecule has 1 aromatic carbocycles. The zero-order valence-corrected chi connectivity index (χ0v) is 16.5. The quantitative estimate of drug-likeness (QED) is 0.496.